The van der Waals surface area contributed by atoms with Crippen molar-refractivity contribution < 1.29 is 9.18 Å². The Bertz CT molecular complexity index is 638. The second-order valence-corrected chi connectivity index (χ2v) is 5.13. The summed E-state index contributed by atoms with van der Waals surface area (Å²) < 4.78 is 13.4. The van der Waals surface area contributed by atoms with Gasteiger partial charge in [0, 0.05) is 12.0 Å². The van der Waals surface area contributed by atoms with E-state index in [1.807, 2.05) is 0 Å². The highest BCUT2D eigenvalue weighted by Gasteiger charge is 2.10. The molecule has 0 atom stereocenters. The van der Waals surface area contributed by atoms with E-state index >= 15 is 0 Å². The second kappa shape index (κ2) is 5.72. The number of hydrogen-bond acceptors (Lipinski definition) is 1. The third-order valence-corrected chi connectivity index (χ3v) is 3.58. The summed E-state index contributed by atoms with van der Waals surface area (Å²) in [6, 6.07) is 9.50. The molecule has 2 rings (SSSR count). The SMILES string of the molecule is Cc1ccc(C(=O)Cc2ccc(Cl)c(Cl)c2)cc1F. The first-order chi connectivity index (χ1) is 8.97. The van der Waals surface area contributed by atoms with E-state index in [4.69, 9.17) is 23.2 Å². The average Bonchev–Trinajstić information content (AvgIpc) is 2.37. The van der Waals surface area contributed by atoms with Crippen molar-refractivity contribution in [3.63, 3.8) is 0 Å². The monoisotopic (exact) mass is 296 g/mol. The lowest BCUT2D eigenvalue weighted by molar-refractivity contribution is 0.0992. The van der Waals surface area contributed by atoms with E-state index in [9.17, 15) is 9.18 Å². The molecule has 0 aromatic heterocycles. The molecule has 98 valence electrons. The Morgan fingerprint density at radius 2 is 1.84 bits per heavy atom. The molecule has 1 nitrogen and oxygen atoms in total. The fourth-order valence-corrected chi connectivity index (χ4v) is 2.02. The van der Waals surface area contributed by atoms with Gasteiger partial charge >= 0.3 is 0 Å². The van der Waals surface area contributed by atoms with Crippen molar-refractivity contribution in [1.29, 1.82) is 0 Å². The van der Waals surface area contributed by atoms with Crippen molar-refractivity contribution in [2.45, 2.75) is 13.3 Å². The number of benzene rings is 2. The molecule has 2 aromatic rings. The number of ketones is 1. The van der Waals surface area contributed by atoms with Gasteiger partial charge in [0.15, 0.2) is 5.78 Å². The van der Waals surface area contributed by atoms with Gasteiger partial charge in [-0.25, -0.2) is 4.39 Å². The molecule has 0 aliphatic carbocycles. The minimum Gasteiger partial charge on any atom is -0.294 e. The van der Waals surface area contributed by atoms with Gasteiger partial charge in [-0.1, -0.05) is 41.4 Å². The van der Waals surface area contributed by atoms with E-state index in [-0.39, 0.29) is 18.0 Å². The minimum absolute atomic E-state index is 0.155. The molecule has 0 unspecified atom stereocenters. The first-order valence-electron chi connectivity index (χ1n) is 5.70. The van der Waals surface area contributed by atoms with Gasteiger partial charge in [-0.05, 0) is 36.2 Å². The molecule has 0 aliphatic rings. The zero-order valence-electron chi connectivity index (χ0n) is 10.2. The van der Waals surface area contributed by atoms with E-state index in [2.05, 4.69) is 0 Å². The number of rotatable bonds is 3. The fourth-order valence-electron chi connectivity index (χ4n) is 1.70. The Morgan fingerprint density at radius 1 is 1.11 bits per heavy atom. The van der Waals surface area contributed by atoms with Crippen molar-refractivity contribution in [3.8, 4) is 0 Å². The van der Waals surface area contributed by atoms with E-state index in [0.29, 0.717) is 21.2 Å². The summed E-state index contributed by atoms with van der Waals surface area (Å²) in [4.78, 5) is 12.0. The number of aryl methyl sites for hydroxylation is 1. The van der Waals surface area contributed by atoms with E-state index < -0.39 is 0 Å². The third-order valence-electron chi connectivity index (χ3n) is 2.84. The van der Waals surface area contributed by atoms with Gasteiger partial charge in [0.2, 0.25) is 0 Å². The topological polar surface area (TPSA) is 17.1 Å². The van der Waals surface area contributed by atoms with Crippen LogP contribution in [0.2, 0.25) is 10.0 Å². The van der Waals surface area contributed by atoms with Gasteiger partial charge < -0.3 is 0 Å². The van der Waals surface area contributed by atoms with Crippen LogP contribution in [0.1, 0.15) is 21.5 Å². The number of hydrogen-bond donors (Lipinski definition) is 0. The van der Waals surface area contributed by atoms with Crippen LogP contribution in [-0.2, 0) is 6.42 Å². The molecule has 19 heavy (non-hydrogen) atoms. The van der Waals surface area contributed by atoms with Crippen LogP contribution in [0.4, 0.5) is 4.39 Å². The molecule has 0 spiro atoms. The molecule has 0 N–H and O–H groups in total. The quantitative estimate of drug-likeness (QED) is 0.739. The summed E-state index contributed by atoms with van der Waals surface area (Å²) in [5.74, 6) is -0.530. The summed E-state index contributed by atoms with van der Waals surface area (Å²) >= 11 is 11.7. The number of carbonyl (C=O) groups excluding carboxylic acids is 1. The highest BCUT2D eigenvalue weighted by molar-refractivity contribution is 6.42. The van der Waals surface area contributed by atoms with Gasteiger partial charge in [0.05, 0.1) is 10.0 Å². The van der Waals surface area contributed by atoms with E-state index in [1.54, 1.807) is 37.3 Å². The lowest BCUT2D eigenvalue weighted by Crippen LogP contribution is -2.04. The summed E-state index contributed by atoms with van der Waals surface area (Å²) in [6.45, 7) is 1.66. The summed E-state index contributed by atoms with van der Waals surface area (Å²) in [5, 5.41) is 0.848. The Balaban J connectivity index is 2.20. The van der Waals surface area contributed by atoms with E-state index in [0.717, 1.165) is 5.56 Å². The maximum atomic E-state index is 13.4. The standard InChI is InChI=1S/C15H11Cl2FO/c1-9-2-4-11(8-14(9)18)15(19)7-10-3-5-12(16)13(17)6-10/h2-6,8H,7H2,1H3. The molecule has 0 amide bonds. The zero-order chi connectivity index (χ0) is 14.0. The molecule has 0 heterocycles. The van der Waals surface area contributed by atoms with Crippen LogP contribution in [0.3, 0.4) is 0 Å². The predicted molar refractivity (Wildman–Crippen MR) is 75.6 cm³/mol. The van der Waals surface area contributed by atoms with Crippen molar-refractivity contribution in [1.82, 2.24) is 0 Å². The van der Waals surface area contributed by atoms with Crippen LogP contribution in [0.15, 0.2) is 36.4 Å². The largest absolute Gasteiger partial charge is 0.294 e. The van der Waals surface area contributed by atoms with E-state index in [1.165, 1.54) is 6.07 Å². The number of Topliss-reactive ketones (excluding diaryl/α,β-unsaturated/α-hetero) is 1. The van der Waals surface area contributed by atoms with Crippen LogP contribution < -0.4 is 0 Å². The molecular formula is C15H11Cl2FO. The third kappa shape index (κ3) is 3.34. The van der Waals surface area contributed by atoms with Gasteiger partial charge in [0.1, 0.15) is 5.82 Å². The second-order valence-electron chi connectivity index (χ2n) is 4.31. The summed E-state index contributed by atoms with van der Waals surface area (Å²) in [6.07, 6.45) is 0.166. The van der Waals surface area contributed by atoms with Gasteiger partial charge in [0.25, 0.3) is 0 Å². The Kier molecular flexibility index (Phi) is 4.23. The first kappa shape index (κ1) is 14.0. The molecule has 0 aliphatic heterocycles. The number of carbonyl (C=O) groups is 1. The van der Waals surface area contributed by atoms with Crippen molar-refractivity contribution in [2.75, 3.05) is 0 Å². The molecule has 0 bridgehead atoms. The van der Waals surface area contributed by atoms with Crippen molar-refractivity contribution >= 4 is 29.0 Å². The molecule has 2 aromatic carbocycles. The van der Waals surface area contributed by atoms with Crippen LogP contribution >= 0.6 is 23.2 Å². The Labute approximate surface area is 121 Å². The molecular weight excluding hydrogens is 286 g/mol. The van der Waals surface area contributed by atoms with Gasteiger partial charge in [-0.2, -0.15) is 0 Å². The first-order valence-corrected chi connectivity index (χ1v) is 6.46. The fraction of sp³-hybridized carbons (Fsp3) is 0.133. The van der Waals surface area contributed by atoms with Crippen molar-refractivity contribution in [2.24, 2.45) is 0 Å². The van der Waals surface area contributed by atoms with Crippen LogP contribution in [0, 0.1) is 12.7 Å². The van der Waals surface area contributed by atoms with Crippen LogP contribution in [-0.4, -0.2) is 5.78 Å². The summed E-state index contributed by atoms with van der Waals surface area (Å²) in [5.41, 5.74) is 1.63. The zero-order valence-corrected chi connectivity index (χ0v) is 11.7. The molecule has 0 saturated carbocycles. The van der Waals surface area contributed by atoms with Crippen molar-refractivity contribution in [3.05, 3.63) is 69.0 Å². The van der Waals surface area contributed by atoms with Crippen LogP contribution in [0.5, 0.6) is 0 Å². The number of halogens is 3. The molecule has 0 radical (unpaired) electrons. The molecule has 0 saturated heterocycles. The predicted octanol–water partition coefficient (Wildman–Crippen LogP) is 4.87. The lowest BCUT2D eigenvalue weighted by atomic mass is 10.0. The highest BCUT2D eigenvalue weighted by Crippen LogP contribution is 2.23. The normalized spacial score (nSPS) is 10.5. The van der Waals surface area contributed by atoms with Gasteiger partial charge in [-0.3, -0.25) is 4.79 Å². The van der Waals surface area contributed by atoms with Gasteiger partial charge in [-0.15, -0.1) is 0 Å². The Hall–Kier alpha value is -1.38. The minimum atomic E-state index is -0.375. The smallest absolute Gasteiger partial charge is 0.167 e. The summed E-state index contributed by atoms with van der Waals surface area (Å²) in [7, 11) is 0. The highest BCUT2D eigenvalue weighted by atomic mass is 35.5. The van der Waals surface area contributed by atoms with Crippen LogP contribution in [0.25, 0.3) is 0 Å². The molecule has 4 heteroatoms. The Morgan fingerprint density at radius 3 is 2.47 bits per heavy atom. The maximum absolute atomic E-state index is 13.4. The maximum Gasteiger partial charge on any atom is 0.167 e. The lowest BCUT2D eigenvalue weighted by Gasteiger charge is -2.04. The average molecular weight is 297 g/mol. The molecule has 0 fully saturated rings.